The molecule has 29 heavy (non-hydrogen) atoms. The van der Waals surface area contributed by atoms with Crippen LogP contribution in [0.15, 0.2) is 73.1 Å². The number of hydrogen-bond acceptors (Lipinski definition) is 4. The third-order valence-electron chi connectivity index (χ3n) is 4.25. The minimum atomic E-state index is -0.214. The molecule has 0 aliphatic carbocycles. The molecular weight excluding hydrogens is 366 g/mol. The number of amides is 2. The lowest BCUT2D eigenvalue weighted by Crippen LogP contribution is -2.24. The molecule has 6 heteroatoms. The van der Waals surface area contributed by atoms with E-state index in [-0.39, 0.29) is 18.2 Å². The summed E-state index contributed by atoms with van der Waals surface area (Å²) >= 11 is 0. The number of ether oxygens (including phenoxy) is 1. The standard InChI is InChI=1S/C23H23N3O3/c1-2-29-20-11-9-17(10-12-20)14-22(27)26-21-8-4-3-6-18(21)16-25-23(28)19-7-5-13-24-15-19/h3-13,15H,2,14,16H2,1H3,(H,25,28)(H,26,27). The van der Waals surface area contributed by atoms with Gasteiger partial charge in [-0.05, 0) is 48.4 Å². The van der Waals surface area contributed by atoms with Gasteiger partial charge >= 0.3 is 0 Å². The SMILES string of the molecule is CCOc1ccc(CC(=O)Nc2ccccc2CNC(=O)c2cccnc2)cc1. The Morgan fingerprint density at radius 1 is 1.00 bits per heavy atom. The van der Waals surface area contributed by atoms with Crippen molar-refractivity contribution in [1.29, 1.82) is 0 Å². The van der Waals surface area contributed by atoms with Crippen LogP contribution in [0.25, 0.3) is 0 Å². The molecule has 0 saturated heterocycles. The van der Waals surface area contributed by atoms with Gasteiger partial charge in [-0.1, -0.05) is 30.3 Å². The number of para-hydroxylation sites is 1. The summed E-state index contributed by atoms with van der Waals surface area (Å²) in [4.78, 5) is 28.6. The van der Waals surface area contributed by atoms with E-state index < -0.39 is 0 Å². The van der Waals surface area contributed by atoms with Crippen molar-refractivity contribution in [2.24, 2.45) is 0 Å². The summed E-state index contributed by atoms with van der Waals surface area (Å²) in [6.45, 7) is 2.83. The van der Waals surface area contributed by atoms with Crippen LogP contribution in [0, 0.1) is 0 Å². The molecule has 0 aliphatic rings. The Kier molecular flexibility index (Phi) is 6.95. The Morgan fingerprint density at radius 2 is 1.79 bits per heavy atom. The van der Waals surface area contributed by atoms with Gasteiger partial charge in [0.05, 0.1) is 18.6 Å². The molecule has 2 aromatic carbocycles. The van der Waals surface area contributed by atoms with Gasteiger partial charge in [-0.25, -0.2) is 0 Å². The Morgan fingerprint density at radius 3 is 2.52 bits per heavy atom. The third-order valence-corrected chi connectivity index (χ3v) is 4.25. The topological polar surface area (TPSA) is 80.3 Å². The number of benzene rings is 2. The summed E-state index contributed by atoms with van der Waals surface area (Å²) in [7, 11) is 0. The van der Waals surface area contributed by atoms with Crippen LogP contribution in [-0.4, -0.2) is 23.4 Å². The van der Waals surface area contributed by atoms with E-state index in [9.17, 15) is 9.59 Å². The highest BCUT2D eigenvalue weighted by Crippen LogP contribution is 2.17. The average Bonchev–Trinajstić information content (AvgIpc) is 2.75. The zero-order valence-electron chi connectivity index (χ0n) is 16.2. The molecule has 2 N–H and O–H groups in total. The van der Waals surface area contributed by atoms with E-state index in [0.717, 1.165) is 16.9 Å². The lowest BCUT2D eigenvalue weighted by atomic mass is 10.1. The Labute approximate surface area is 169 Å². The van der Waals surface area contributed by atoms with Crippen LogP contribution in [0.5, 0.6) is 5.75 Å². The van der Waals surface area contributed by atoms with Gasteiger partial charge < -0.3 is 15.4 Å². The average molecular weight is 389 g/mol. The fourth-order valence-electron chi connectivity index (χ4n) is 2.82. The fourth-order valence-corrected chi connectivity index (χ4v) is 2.82. The second kappa shape index (κ2) is 10.0. The molecule has 0 aliphatic heterocycles. The fraction of sp³-hybridized carbons (Fsp3) is 0.174. The Hall–Kier alpha value is -3.67. The van der Waals surface area contributed by atoms with Crippen LogP contribution in [0.4, 0.5) is 5.69 Å². The quantitative estimate of drug-likeness (QED) is 0.617. The van der Waals surface area contributed by atoms with Crippen LogP contribution < -0.4 is 15.4 Å². The first-order valence-corrected chi connectivity index (χ1v) is 9.43. The largest absolute Gasteiger partial charge is 0.494 e. The van der Waals surface area contributed by atoms with Crippen LogP contribution >= 0.6 is 0 Å². The smallest absolute Gasteiger partial charge is 0.253 e. The molecule has 1 aromatic heterocycles. The molecule has 0 bridgehead atoms. The van der Waals surface area contributed by atoms with Crippen molar-refractivity contribution in [3.05, 3.63) is 89.7 Å². The molecular formula is C23H23N3O3. The first-order valence-electron chi connectivity index (χ1n) is 9.43. The molecule has 0 unspecified atom stereocenters. The predicted molar refractivity (Wildman–Crippen MR) is 112 cm³/mol. The lowest BCUT2D eigenvalue weighted by Gasteiger charge is -2.12. The second-order valence-corrected chi connectivity index (χ2v) is 6.38. The van der Waals surface area contributed by atoms with Gasteiger partial charge in [0.15, 0.2) is 0 Å². The van der Waals surface area contributed by atoms with Gasteiger partial charge in [-0.3, -0.25) is 14.6 Å². The summed E-state index contributed by atoms with van der Waals surface area (Å²) in [5.74, 6) is 0.445. The van der Waals surface area contributed by atoms with E-state index in [1.807, 2.05) is 55.5 Å². The maximum Gasteiger partial charge on any atom is 0.253 e. The Bertz CT molecular complexity index is 957. The predicted octanol–water partition coefficient (Wildman–Crippen LogP) is 3.59. The van der Waals surface area contributed by atoms with Crippen molar-refractivity contribution in [3.8, 4) is 5.75 Å². The van der Waals surface area contributed by atoms with Gasteiger partial charge in [0.1, 0.15) is 5.75 Å². The molecule has 0 atom stereocenters. The molecule has 3 aromatic rings. The first-order chi connectivity index (χ1) is 14.2. The highest BCUT2D eigenvalue weighted by molar-refractivity contribution is 5.94. The van der Waals surface area contributed by atoms with E-state index in [1.54, 1.807) is 18.3 Å². The summed E-state index contributed by atoms with van der Waals surface area (Å²) in [5, 5.41) is 5.78. The summed E-state index contributed by atoms with van der Waals surface area (Å²) in [6.07, 6.45) is 3.38. The Balaban J connectivity index is 1.59. The minimum Gasteiger partial charge on any atom is -0.494 e. The molecule has 1 heterocycles. The molecule has 0 radical (unpaired) electrons. The van der Waals surface area contributed by atoms with Crippen molar-refractivity contribution < 1.29 is 14.3 Å². The summed E-state index contributed by atoms with van der Waals surface area (Å²) in [6, 6.07) is 18.3. The second-order valence-electron chi connectivity index (χ2n) is 6.38. The van der Waals surface area contributed by atoms with E-state index in [4.69, 9.17) is 4.74 Å². The monoisotopic (exact) mass is 389 g/mol. The molecule has 0 spiro atoms. The van der Waals surface area contributed by atoms with Crippen molar-refractivity contribution in [3.63, 3.8) is 0 Å². The zero-order chi connectivity index (χ0) is 20.5. The maximum atomic E-state index is 12.5. The van der Waals surface area contributed by atoms with Gasteiger partial charge in [-0.2, -0.15) is 0 Å². The number of carbonyl (C=O) groups is 2. The zero-order valence-corrected chi connectivity index (χ0v) is 16.2. The highest BCUT2D eigenvalue weighted by Gasteiger charge is 2.10. The van der Waals surface area contributed by atoms with E-state index >= 15 is 0 Å². The van der Waals surface area contributed by atoms with Crippen LogP contribution in [0.3, 0.4) is 0 Å². The molecule has 3 rings (SSSR count). The molecule has 2 amide bonds. The van der Waals surface area contributed by atoms with Crippen LogP contribution in [0.1, 0.15) is 28.4 Å². The summed E-state index contributed by atoms with van der Waals surface area (Å²) < 4.78 is 5.42. The third kappa shape index (κ3) is 5.90. The van der Waals surface area contributed by atoms with Crippen LogP contribution in [0.2, 0.25) is 0 Å². The van der Waals surface area contributed by atoms with Crippen molar-refractivity contribution in [1.82, 2.24) is 10.3 Å². The number of pyridine rings is 1. The van der Waals surface area contributed by atoms with Gasteiger partial charge in [-0.15, -0.1) is 0 Å². The van der Waals surface area contributed by atoms with Crippen LogP contribution in [-0.2, 0) is 17.8 Å². The van der Waals surface area contributed by atoms with E-state index in [2.05, 4.69) is 15.6 Å². The van der Waals surface area contributed by atoms with E-state index in [0.29, 0.717) is 24.4 Å². The van der Waals surface area contributed by atoms with E-state index in [1.165, 1.54) is 6.20 Å². The van der Waals surface area contributed by atoms with Gasteiger partial charge in [0, 0.05) is 24.6 Å². The summed E-state index contributed by atoms with van der Waals surface area (Å²) in [5.41, 5.74) is 2.89. The van der Waals surface area contributed by atoms with Gasteiger partial charge in [0.25, 0.3) is 5.91 Å². The number of nitrogens with zero attached hydrogens (tertiary/aromatic N) is 1. The van der Waals surface area contributed by atoms with Crippen molar-refractivity contribution >= 4 is 17.5 Å². The number of nitrogens with one attached hydrogen (secondary N) is 2. The molecule has 6 nitrogen and oxygen atoms in total. The highest BCUT2D eigenvalue weighted by atomic mass is 16.5. The normalized spacial score (nSPS) is 10.2. The van der Waals surface area contributed by atoms with Crippen molar-refractivity contribution in [2.45, 2.75) is 19.9 Å². The molecule has 0 fully saturated rings. The first kappa shape index (κ1) is 20.1. The minimum absolute atomic E-state index is 0.125. The number of anilines is 1. The molecule has 148 valence electrons. The number of rotatable bonds is 8. The maximum absolute atomic E-state index is 12.5. The van der Waals surface area contributed by atoms with Gasteiger partial charge in [0.2, 0.25) is 5.91 Å². The number of aromatic nitrogens is 1. The van der Waals surface area contributed by atoms with Crippen molar-refractivity contribution in [2.75, 3.05) is 11.9 Å². The molecule has 0 saturated carbocycles. The number of carbonyl (C=O) groups excluding carboxylic acids is 2. The lowest BCUT2D eigenvalue weighted by molar-refractivity contribution is -0.115. The number of hydrogen-bond donors (Lipinski definition) is 2.